The molecule has 2 rings (SSSR count). The Balaban J connectivity index is 1.91. The monoisotopic (exact) mass is 441 g/mol. The van der Waals surface area contributed by atoms with Crippen LogP contribution in [0.2, 0.25) is 0 Å². The molecule has 0 aromatic heterocycles. The van der Waals surface area contributed by atoms with Gasteiger partial charge in [-0.3, -0.25) is 5.43 Å². The number of hydrogen-bond donors (Lipinski definition) is 2. The number of hydrogen-bond acceptors (Lipinski definition) is 5. The summed E-state index contributed by atoms with van der Waals surface area (Å²) in [5.74, 6) is 2.57. The topological polar surface area (TPSA) is 64.1 Å². The van der Waals surface area contributed by atoms with Crippen LogP contribution in [0.1, 0.15) is 36.5 Å². The minimum Gasteiger partial charge on any atom is -0.493 e. The first-order chi connectivity index (χ1) is 14.9. The maximum atomic E-state index is 5.98. The number of nitrogens with one attached hydrogen (secondary N) is 2. The molecule has 7 heteroatoms. The number of thiocarbonyl (C=S) groups is 1. The summed E-state index contributed by atoms with van der Waals surface area (Å²) < 4.78 is 17.3. The lowest BCUT2D eigenvalue weighted by Gasteiger charge is -2.16. The molecule has 166 valence electrons. The summed E-state index contributed by atoms with van der Waals surface area (Å²) in [7, 11) is 1.61. The van der Waals surface area contributed by atoms with Gasteiger partial charge in [-0.05, 0) is 66.0 Å². The molecule has 0 aliphatic carbocycles. The van der Waals surface area contributed by atoms with E-state index in [-0.39, 0.29) is 0 Å². The minimum absolute atomic E-state index is 0.396. The van der Waals surface area contributed by atoms with E-state index in [2.05, 4.69) is 61.4 Å². The second-order valence-electron chi connectivity index (χ2n) is 7.17. The van der Waals surface area contributed by atoms with Crippen molar-refractivity contribution in [3.8, 4) is 17.2 Å². The van der Waals surface area contributed by atoms with E-state index in [1.807, 2.05) is 18.2 Å². The number of hydrazone groups is 1. The molecule has 2 aromatic rings. The first-order valence-corrected chi connectivity index (χ1v) is 10.6. The Morgan fingerprint density at radius 2 is 1.84 bits per heavy atom. The zero-order chi connectivity index (χ0) is 22.6. The molecule has 6 nitrogen and oxygen atoms in total. The number of ether oxygens (including phenoxy) is 3. The van der Waals surface area contributed by atoms with Crippen molar-refractivity contribution in [2.24, 2.45) is 5.10 Å². The first kappa shape index (κ1) is 24.2. The summed E-state index contributed by atoms with van der Waals surface area (Å²) in [5.41, 5.74) is 5.96. The van der Waals surface area contributed by atoms with Gasteiger partial charge < -0.3 is 19.5 Å². The van der Waals surface area contributed by atoms with Crippen molar-refractivity contribution in [2.75, 3.05) is 26.9 Å². The highest BCUT2D eigenvalue weighted by molar-refractivity contribution is 7.80. The van der Waals surface area contributed by atoms with Gasteiger partial charge in [-0.25, -0.2) is 0 Å². The second kappa shape index (κ2) is 12.6. The molecule has 0 aliphatic rings. The van der Waals surface area contributed by atoms with E-state index in [9.17, 15) is 0 Å². The van der Waals surface area contributed by atoms with Gasteiger partial charge in [0.15, 0.2) is 16.6 Å². The van der Waals surface area contributed by atoms with Gasteiger partial charge in [0.2, 0.25) is 0 Å². The van der Waals surface area contributed by atoms with E-state index in [0.29, 0.717) is 42.3 Å². The highest BCUT2D eigenvalue weighted by Crippen LogP contribution is 2.29. The number of benzene rings is 2. The molecule has 31 heavy (non-hydrogen) atoms. The van der Waals surface area contributed by atoms with Gasteiger partial charge in [0, 0.05) is 6.54 Å². The summed E-state index contributed by atoms with van der Waals surface area (Å²) in [6, 6.07) is 11.9. The summed E-state index contributed by atoms with van der Waals surface area (Å²) >= 11 is 5.09. The number of rotatable bonds is 11. The number of methoxy groups -OCH3 is 1. The molecule has 0 aliphatic heterocycles. The fourth-order valence-electron chi connectivity index (χ4n) is 2.80. The van der Waals surface area contributed by atoms with E-state index in [0.717, 1.165) is 11.3 Å². The van der Waals surface area contributed by atoms with E-state index >= 15 is 0 Å². The fourth-order valence-corrected chi connectivity index (χ4v) is 2.94. The lowest BCUT2D eigenvalue weighted by Crippen LogP contribution is -2.31. The maximum Gasteiger partial charge on any atom is 0.187 e. The van der Waals surface area contributed by atoms with Crippen LogP contribution < -0.4 is 25.0 Å². The average molecular weight is 442 g/mol. The lowest BCUT2D eigenvalue weighted by atomic mass is 10.0. The Morgan fingerprint density at radius 3 is 2.52 bits per heavy atom. The van der Waals surface area contributed by atoms with Crippen molar-refractivity contribution in [3.05, 3.63) is 65.7 Å². The van der Waals surface area contributed by atoms with E-state index in [1.54, 1.807) is 19.4 Å². The van der Waals surface area contributed by atoms with E-state index < -0.39 is 0 Å². The van der Waals surface area contributed by atoms with Gasteiger partial charge in [0.1, 0.15) is 19.0 Å². The molecular formula is C24H31N3O3S. The summed E-state index contributed by atoms with van der Waals surface area (Å²) in [6.07, 6.45) is 3.37. The van der Waals surface area contributed by atoms with Crippen molar-refractivity contribution in [1.29, 1.82) is 0 Å². The van der Waals surface area contributed by atoms with E-state index in [1.165, 1.54) is 11.1 Å². The predicted octanol–water partition coefficient (Wildman–Crippen LogP) is 4.57. The maximum absolute atomic E-state index is 5.98. The van der Waals surface area contributed by atoms with Crippen LogP contribution in [0.3, 0.4) is 0 Å². The van der Waals surface area contributed by atoms with Crippen LogP contribution in [-0.2, 0) is 0 Å². The standard InChI is InChI=1S/C24H31N3O3S/c1-6-11-25-24(31)27-26-16-19-8-10-21(23(15-19)28-5)29-12-13-30-22-14-18(4)7-9-20(22)17(2)3/h6-10,14-17H,1,11-13H2,2-5H3,(H2,25,27,31)/b26-16-. The van der Waals surface area contributed by atoms with Crippen LogP contribution in [0.25, 0.3) is 0 Å². The third-order valence-corrected chi connectivity index (χ3v) is 4.60. The smallest absolute Gasteiger partial charge is 0.187 e. The van der Waals surface area contributed by atoms with Crippen molar-refractivity contribution in [1.82, 2.24) is 10.7 Å². The van der Waals surface area contributed by atoms with Gasteiger partial charge >= 0.3 is 0 Å². The molecule has 0 amide bonds. The Kier molecular flexibility index (Phi) is 9.84. The largest absolute Gasteiger partial charge is 0.493 e. The molecule has 0 radical (unpaired) electrons. The van der Waals surface area contributed by atoms with Crippen LogP contribution in [0, 0.1) is 6.92 Å². The Labute approximate surface area is 190 Å². The molecule has 0 atom stereocenters. The van der Waals surface area contributed by atoms with Crippen LogP contribution >= 0.6 is 12.2 Å². The van der Waals surface area contributed by atoms with Crippen molar-refractivity contribution < 1.29 is 14.2 Å². The van der Waals surface area contributed by atoms with Gasteiger partial charge in [-0.15, -0.1) is 6.58 Å². The van der Waals surface area contributed by atoms with Gasteiger partial charge in [-0.1, -0.05) is 32.1 Å². The summed E-state index contributed by atoms with van der Waals surface area (Å²) in [5, 5.41) is 7.47. The summed E-state index contributed by atoms with van der Waals surface area (Å²) in [6.45, 7) is 11.4. The summed E-state index contributed by atoms with van der Waals surface area (Å²) in [4.78, 5) is 0. The van der Waals surface area contributed by atoms with Crippen molar-refractivity contribution in [3.63, 3.8) is 0 Å². The molecule has 0 heterocycles. The Hall–Kier alpha value is -3.06. The Bertz CT molecular complexity index is 913. The normalized spacial score (nSPS) is 10.7. The third kappa shape index (κ3) is 7.94. The van der Waals surface area contributed by atoms with Crippen LogP contribution in [-0.4, -0.2) is 38.2 Å². The van der Waals surface area contributed by atoms with Crippen LogP contribution in [0.5, 0.6) is 17.2 Å². The third-order valence-electron chi connectivity index (χ3n) is 4.36. The minimum atomic E-state index is 0.396. The fraction of sp³-hybridized carbons (Fsp3) is 0.333. The van der Waals surface area contributed by atoms with Gasteiger partial charge in [-0.2, -0.15) is 5.10 Å². The quantitative estimate of drug-likeness (QED) is 0.175. The molecule has 0 unspecified atom stereocenters. The lowest BCUT2D eigenvalue weighted by molar-refractivity contribution is 0.210. The zero-order valence-corrected chi connectivity index (χ0v) is 19.4. The first-order valence-electron chi connectivity index (χ1n) is 10.2. The molecule has 2 N–H and O–H groups in total. The molecule has 0 saturated carbocycles. The Morgan fingerprint density at radius 1 is 1.10 bits per heavy atom. The average Bonchev–Trinajstić information content (AvgIpc) is 2.75. The molecule has 0 saturated heterocycles. The van der Waals surface area contributed by atoms with Crippen molar-refractivity contribution >= 4 is 23.5 Å². The van der Waals surface area contributed by atoms with Crippen molar-refractivity contribution in [2.45, 2.75) is 26.7 Å². The molecule has 2 aromatic carbocycles. The van der Waals surface area contributed by atoms with E-state index in [4.69, 9.17) is 26.4 Å². The highest BCUT2D eigenvalue weighted by atomic mass is 32.1. The second-order valence-corrected chi connectivity index (χ2v) is 7.58. The molecule has 0 fully saturated rings. The molecular weight excluding hydrogens is 410 g/mol. The number of aryl methyl sites for hydroxylation is 1. The van der Waals surface area contributed by atoms with Gasteiger partial charge in [0.25, 0.3) is 0 Å². The van der Waals surface area contributed by atoms with Gasteiger partial charge in [0.05, 0.1) is 13.3 Å². The SMILES string of the molecule is C=CCNC(=S)N/N=C\c1ccc(OCCOc2cc(C)ccc2C(C)C)c(OC)c1. The highest BCUT2D eigenvalue weighted by Gasteiger charge is 2.09. The van der Waals surface area contributed by atoms with Crippen LogP contribution in [0.4, 0.5) is 0 Å². The van der Waals surface area contributed by atoms with Crippen LogP contribution in [0.15, 0.2) is 54.2 Å². The zero-order valence-electron chi connectivity index (χ0n) is 18.6. The number of nitrogens with zero attached hydrogens (tertiary/aromatic N) is 1. The molecule has 0 bridgehead atoms. The molecule has 0 spiro atoms. The predicted molar refractivity (Wildman–Crippen MR) is 131 cm³/mol.